The molecule has 3 N–H and O–H groups in total. The lowest BCUT2D eigenvalue weighted by atomic mass is 9.99. The third-order valence-electron chi connectivity index (χ3n) is 3.26. The highest BCUT2D eigenvalue weighted by atomic mass is 35.5. The number of aromatic nitrogens is 1. The van der Waals surface area contributed by atoms with Gasteiger partial charge in [0.1, 0.15) is 0 Å². The van der Waals surface area contributed by atoms with Crippen LogP contribution >= 0.6 is 23.2 Å². The predicted octanol–water partition coefficient (Wildman–Crippen LogP) is 3.70. The molecule has 1 heterocycles. The molecule has 0 aliphatic heterocycles. The van der Waals surface area contributed by atoms with Crippen LogP contribution < -0.4 is 11.3 Å². The molecule has 3 nitrogen and oxygen atoms in total. The molecule has 0 bridgehead atoms. The monoisotopic (exact) mass is 309 g/mol. The molecule has 5 heteroatoms. The van der Waals surface area contributed by atoms with E-state index in [0.717, 1.165) is 17.7 Å². The number of nitrogens with two attached hydrogens (primary N) is 1. The van der Waals surface area contributed by atoms with Crippen molar-refractivity contribution in [1.29, 1.82) is 0 Å². The summed E-state index contributed by atoms with van der Waals surface area (Å²) in [6, 6.07) is 9.57. The second-order valence-electron chi connectivity index (χ2n) is 4.57. The number of hydrazine groups is 1. The summed E-state index contributed by atoms with van der Waals surface area (Å²) < 4.78 is 0. The molecule has 2 aromatic rings. The SMILES string of the molecule is CCc1cccnc1C(Cc1ccc(Cl)c(Cl)c1)NN. The smallest absolute Gasteiger partial charge is 0.0675 e. The summed E-state index contributed by atoms with van der Waals surface area (Å²) in [6.45, 7) is 2.10. The van der Waals surface area contributed by atoms with Gasteiger partial charge in [-0.2, -0.15) is 0 Å². The molecule has 1 atom stereocenters. The molecule has 0 fully saturated rings. The predicted molar refractivity (Wildman–Crippen MR) is 83.8 cm³/mol. The van der Waals surface area contributed by atoms with Crippen molar-refractivity contribution in [3.8, 4) is 0 Å². The maximum Gasteiger partial charge on any atom is 0.0675 e. The molecule has 106 valence electrons. The molecule has 0 radical (unpaired) electrons. The van der Waals surface area contributed by atoms with E-state index in [1.54, 1.807) is 12.3 Å². The minimum atomic E-state index is -0.0524. The van der Waals surface area contributed by atoms with Crippen LogP contribution in [0.2, 0.25) is 10.0 Å². The van der Waals surface area contributed by atoms with E-state index in [4.69, 9.17) is 29.0 Å². The van der Waals surface area contributed by atoms with Crippen molar-refractivity contribution < 1.29 is 0 Å². The zero-order valence-electron chi connectivity index (χ0n) is 11.2. The summed E-state index contributed by atoms with van der Waals surface area (Å²) in [5, 5.41) is 1.11. The molecule has 0 aliphatic rings. The number of halogens is 2. The Hall–Kier alpha value is -1.13. The molecule has 1 aromatic carbocycles. The molecular formula is C15H17Cl2N3. The number of aryl methyl sites for hydroxylation is 1. The molecule has 20 heavy (non-hydrogen) atoms. The molecule has 2 rings (SSSR count). The van der Waals surface area contributed by atoms with Crippen molar-refractivity contribution in [2.45, 2.75) is 25.8 Å². The van der Waals surface area contributed by atoms with E-state index >= 15 is 0 Å². The van der Waals surface area contributed by atoms with Crippen LogP contribution in [0.1, 0.15) is 29.8 Å². The maximum atomic E-state index is 6.05. The Bertz CT molecular complexity index is 587. The van der Waals surface area contributed by atoms with E-state index in [-0.39, 0.29) is 6.04 Å². The fraction of sp³-hybridized carbons (Fsp3) is 0.267. The molecule has 0 saturated carbocycles. The Labute approximate surface area is 129 Å². The van der Waals surface area contributed by atoms with Crippen LogP contribution in [0.25, 0.3) is 0 Å². The van der Waals surface area contributed by atoms with E-state index in [2.05, 4.69) is 23.4 Å². The second kappa shape index (κ2) is 7.04. The van der Waals surface area contributed by atoms with Gasteiger partial charge in [0.15, 0.2) is 0 Å². The summed E-state index contributed by atoms with van der Waals surface area (Å²) in [5.41, 5.74) is 6.07. The van der Waals surface area contributed by atoms with Gasteiger partial charge in [-0.3, -0.25) is 16.3 Å². The summed E-state index contributed by atoms with van der Waals surface area (Å²) in [5.74, 6) is 5.70. The zero-order valence-corrected chi connectivity index (χ0v) is 12.7. The Balaban J connectivity index is 2.26. The summed E-state index contributed by atoms with van der Waals surface area (Å²) in [4.78, 5) is 4.46. The van der Waals surface area contributed by atoms with Crippen LogP contribution in [0.15, 0.2) is 36.5 Å². The van der Waals surface area contributed by atoms with Crippen LogP contribution in [-0.2, 0) is 12.8 Å². The maximum absolute atomic E-state index is 6.05. The lowest BCUT2D eigenvalue weighted by Gasteiger charge is -2.18. The topological polar surface area (TPSA) is 50.9 Å². The highest BCUT2D eigenvalue weighted by Gasteiger charge is 2.15. The third-order valence-corrected chi connectivity index (χ3v) is 4.00. The molecular weight excluding hydrogens is 293 g/mol. The second-order valence-corrected chi connectivity index (χ2v) is 5.39. The first-order valence-corrected chi connectivity index (χ1v) is 7.25. The van der Waals surface area contributed by atoms with Crippen molar-refractivity contribution in [3.63, 3.8) is 0 Å². The van der Waals surface area contributed by atoms with Crippen LogP contribution in [0.3, 0.4) is 0 Å². The van der Waals surface area contributed by atoms with Gasteiger partial charge in [0.25, 0.3) is 0 Å². The number of nitrogens with zero attached hydrogens (tertiary/aromatic N) is 1. The quantitative estimate of drug-likeness (QED) is 0.654. The van der Waals surface area contributed by atoms with Gasteiger partial charge in [0.2, 0.25) is 0 Å². The Morgan fingerprint density at radius 1 is 1.25 bits per heavy atom. The molecule has 0 spiro atoms. The number of hydrogen-bond donors (Lipinski definition) is 2. The first-order valence-electron chi connectivity index (χ1n) is 6.49. The summed E-state index contributed by atoms with van der Waals surface area (Å²) in [7, 11) is 0. The van der Waals surface area contributed by atoms with Gasteiger partial charge >= 0.3 is 0 Å². The summed E-state index contributed by atoms with van der Waals surface area (Å²) in [6.07, 6.45) is 3.41. The average Bonchev–Trinajstić information content (AvgIpc) is 2.48. The normalized spacial score (nSPS) is 12.4. The van der Waals surface area contributed by atoms with Gasteiger partial charge in [-0.15, -0.1) is 0 Å². The standard InChI is InChI=1S/C15H17Cl2N3/c1-2-11-4-3-7-19-15(11)14(20-18)9-10-5-6-12(16)13(17)8-10/h3-8,14,20H,2,9,18H2,1H3. The van der Waals surface area contributed by atoms with Crippen LogP contribution in [0, 0.1) is 0 Å². The number of nitrogens with one attached hydrogen (secondary N) is 1. The molecule has 1 aromatic heterocycles. The highest BCUT2D eigenvalue weighted by molar-refractivity contribution is 6.42. The van der Waals surface area contributed by atoms with Crippen molar-refractivity contribution in [1.82, 2.24) is 10.4 Å². The van der Waals surface area contributed by atoms with Gasteiger partial charge in [0, 0.05) is 6.20 Å². The lowest BCUT2D eigenvalue weighted by molar-refractivity contribution is 0.533. The molecule has 0 aliphatic carbocycles. The third kappa shape index (κ3) is 3.49. The average molecular weight is 310 g/mol. The Kier molecular flexibility index (Phi) is 5.38. The minimum absolute atomic E-state index is 0.0524. The Morgan fingerprint density at radius 3 is 2.70 bits per heavy atom. The minimum Gasteiger partial charge on any atom is -0.271 e. The first kappa shape index (κ1) is 15.3. The molecule has 0 amide bonds. The van der Waals surface area contributed by atoms with Gasteiger partial charge in [-0.25, -0.2) is 0 Å². The van der Waals surface area contributed by atoms with Crippen LogP contribution in [-0.4, -0.2) is 4.98 Å². The van der Waals surface area contributed by atoms with Crippen LogP contribution in [0.5, 0.6) is 0 Å². The van der Waals surface area contributed by atoms with E-state index < -0.39 is 0 Å². The zero-order chi connectivity index (χ0) is 14.5. The fourth-order valence-electron chi connectivity index (χ4n) is 2.20. The first-order chi connectivity index (χ1) is 9.65. The van der Waals surface area contributed by atoms with Gasteiger partial charge in [0.05, 0.1) is 21.8 Å². The van der Waals surface area contributed by atoms with Crippen LogP contribution in [0.4, 0.5) is 0 Å². The van der Waals surface area contributed by atoms with Crippen molar-refractivity contribution in [2.75, 3.05) is 0 Å². The Morgan fingerprint density at radius 2 is 2.05 bits per heavy atom. The van der Waals surface area contributed by atoms with Crippen molar-refractivity contribution >= 4 is 23.2 Å². The highest BCUT2D eigenvalue weighted by Crippen LogP contribution is 2.26. The van der Waals surface area contributed by atoms with Gasteiger partial charge in [-0.05, 0) is 42.2 Å². The number of rotatable bonds is 5. The molecule has 1 unspecified atom stereocenters. The number of benzene rings is 1. The largest absolute Gasteiger partial charge is 0.271 e. The fourth-order valence-corrected chi connectivity index (χ4v) is 2.52. The number of pyridine rings is 1. The van der Waals surface area contributed by atoms with Crippen molar-refractivity contribution in [2.24, 2.45) is 5.84 Å². The van der Waals surface area contributed by atoms with E-state index in [0.29, 0.717) is 16.5 Å². The van der Waals surface area contributed by atoms with Gasteiger partial charge < -0.3 is 0 Å². The van der Waals surface area contributed by atoms with Gasteiger partial charge in [-0.1, -0.05) is 42.3 Å². The van der Waals surface area contributed by atoms with E-state index in [1.165, 1.54) is 5.56 Å². The summed E-state index contributed by atoms with van der Waals surface area (Å²) >= 11 is 12.0. The number of hydrogen-bond acceptors (Lipinski definition) is 3. The van der Waals surface area contributed by atoms with Crippen molar-refractivity contribution in [3.05, 3.63) is 63.4 Å². The lowest BCUT2D eigenvalue weighted by Crippen LogP contribution is -2.31. The molecule has 0 saturated heterocycles. The van der Waals surface area contributed by atoms with E-state index in [1.807, 2.05) is 18.2 Å². The van der Waals surface area contributed by atoms with E-state index in [9.17, 15) is 0 Å².